The van der Waals surface area contributed by atoms with Crippen molar-refractivity contribution in [1.29, 1.82) is 0 Å². The van der Waals surface area contributed by atoms with Gasteiger partial charge in [0.1, 0.15) is 6.04 Å². The number of aromatic amines is 1. The zero-order valence-electron chi connectivity index (χ0n) is 17.4. The van der Waals surface area contributed by atoms with Crippen LogP contribution in [0.4, 0.5) is 0 Å². The number of H-pyrrole nitrogens is 1. The highest BCUT2D eigenvalue weighted by atomic mass is 32.1. The highest BCUT2D eigenvalue weighted by Crippen LogP contribution is 2.19. The lowest BCUT2D eigenvalue weighted by Crippen LogP contribution is -2.51. The summed E-state index contributed by atoms with van der Waals surface area (Å²) in [6.07, 6.45) is 0.219. The van der Waals surface area contributed by atoms with Gasteiger partial charge in [0.15, 0.2) is 10.6 Å². The summed E-state index contributed by atoms with van der Waals surface area (Å²) in [5.74, 6) is 0.390. The fourth-order valence-corrected chi connectivity index (χ4v) is 3.00. The summed E-state index contributed by atoms with van der Waals surface area (Å²) in [6, 6.07) is 7.40. The van der Waals surface area contributed by atoms with E-state index in [1.54, 1.807) is 14.0 Å². The molecule has 0 fully saturated rings. The number of nitrogens with one attached hydrogen (secondary N) is 2. The minimum absolute atomic E-state index is 0.130. The molecular weight excluding hydrogens is 374 g/mol. The molecule has 2 rings (SSSR count). The van der Waals surface area contributed by atoms with Gasteiger partial charge >= 0.3 is 0 Å². The van der Waals surface area contributed by atoms with Gasteiger partial charge in [-0.05, 0) is 52.9 Å². The maximum absolute atomic E-state index is 12.6. The summed E-state index contributed by atoms with van der Waals surface area (Å²) in [4.78, 5) is 26.4. The van der Waals surface area contributed by atoms with Crippen LogP contribution in [0.2, 0.25) is 0 Å². The Morgan fingerprint density at radius 3 is 2.64 bits per heavy atom. The van der Waals surface area contributed by atoms with Crippen LogP contribution in [0, 0.1) is 11.7 Å². The number of carbonyl (C=O) groups excluding carboxylic acids is 2. The molecule has 2 aromatic rings. The molecule has 0 saturated heterocycles. The van der Waals surface area contributed by atoms with E-state index in [0.717, 1.165) is 11.1 Å². The summed E-state index contributed by atoms with van der Waals surface area (Å²) >= 11 is 5.33. The van der Waals surface area contributed by atoms with E-state index in [9.17, 15) is 9.59 Å². The van der Waals surface area contributed by atoms with Gasteiger partial charge < -0.3 is 10.2 Å². The van der Waals surface area contributed by atoms with Crippen molar-refractivity contribution in [3.05, 3.63) is 34.6 Å². The smallest absolute Gasteiger partial charge is 0.242 e. The zero-order valence-corrected chi connectivity index (χ0v) is 18.2. The monoisotopic (exact) mass is 403 g/mol. The summed E-state index contributed by atoms with van der Waals surface area (Å²) in [5, 5.41) is 10.0. The molecule has 0 spiro atoms. The lowest BCUT2D eigenvalue weighted by Gasteiger charge is -2.28. The largest absolute Gasteiger partial charge is 0.350 e. The van der Waals surface area contributed by atoms with Gasteiger partial charge in [0.2, 0.25) is 11.8 Å². The number of benzene rings is 1. The molecule has 1 heterocycles. The number of amides is 2. The first-order valence-corrected chi connectivity index (χ1v) is 9.70. The molecule has 7 nitrogen and oxygen atoms in total. The Morgan fingerprint density at radius 1 is 1.36 bits per heavy atom. The average Bonchev–Trinajstić information content (AvgIpc) is 2.97. The summed E-state index contributed by atoms with van der Waals surface area (Å²) in [5.41, 5.74) is 1.71. The Bertz CT molecular complexity index is 910. The van der Waals surface area contributed by atoms with E-state index >= 15 is 0 Å². The quantitative estimate of drug-likeness (QED) is 0.726. The number of hydrogen-bond acceptors (Lipinski definition) is 4. The number of carbonyl (C=O) groups is 2. The topological polar surface area (TPSA) is 83.0 Å². The van der Waals surface area contributed by atoms with E-state index in [1.807, 2.05) is 56.5 Å². The summed E-state index contributed by atoms with van der Waals surface area (Å²) in [7, 11) is 1.64. The number of likely N-dealkylation sites (N-methyl/N-ethyl adjacent to an activating group) is 1. The highest BCUT2D eigenvalue weighted by Gasteiger charge is 2.25. The lowest BCUT2D eigenvalue weighted by molar-refractivity contribution is -0.139. The maximum Gasteiger partial charge on any atom is 0.242 e. The molecule has 1 atom stereocenters. The standard InChI is InChI=1S/C20H29N5O2S/c1-13-8-7-9-15(12-13)17-22-23-19(28)25(17)11-10-16(26)24(6)14(2)18(27)21-20(3,4)5/h7-9,12,14H,10-11H2,1-6H3,(H,21,27)(H,23,28)/t14-/m0/s1. The van der Waals surface area contributed by atoms with Gasteiger partial charge in [-0.15, -0.1) is 0 Å². The van der Waals surface area contributed by atoms with Crippen molar-refractivity contribution in [3.8, 4) is 11.4 Å². The zero-order chi connectivity index (χ0) is 21.1. The van der Waals surface area contributed by atoms with E-state index in [-0.39, 0.29) is 23.8 Å². The fraction of sp³-hybridized carbons (Fsp3) is 0.500. The number of aryl methyl sites for hydroxylation is 1. The molecule has 0 saturated carbocycles. The second-order valence-electron chi connectivity index (χ2n) is 8.04. The molecular formula is C20H29N5O2S. The molecule has 0 aliphatic carbocycles. The van der Waals surface area contributed by atoms with Crippen molar-refractivity contribution in [3.63, 3.8) is 0 Å². The van der Waals surface area contributed by atoms with Gasteiger partial charge in [-0.1, -0.05) is 23.8 Å². The molecule has 2 N–H and O–H groups in total. The van der Waals surface area contributed by atoms with Crippen LogP contribution in [-0.2, 0) is 16.1 Å². The van der Waals surface area contributed by atoms with Crippen LogP contribution in [0.3, 0.4) is 0 Å². The molecule has 28 heavy (non-hydrogen) atoms. The van der Waals surface area contributed by atoms with E-state index in [0.29, 0.717) is 17.1 Å². The first kappa shape index (κ1) is 21.8. The number of nitrogens with zero attached hydrogens (tertiary/aromatic N) is 3. The third-order valence-electron chi connectivity index (χ3n) is 4.44. The molecule has 8 heteroatoms. The van der Waals surface area contributed by atoms with E-state index < -0.39 is 6.04 Å². The van der Waals surface area contributed by atoms with Gasteiger partial charge in [-0.3, -0.25) is 19.3 Å². The van der Waals surface area contributed by atoms with Crippen molar-refractivity contribution in [2.24, 2.45) is 0 Å². The molecule has 2 amide bonds. The fourth-order valence-electron chi connectivity index (χ4n) is 2.78. The molecule has 0 unspecified atom stereocenters. The first-order chi connectivity index (χ1) is 13.0. The minimum Gasteiger partial charge on any atom is -0.350 e. The molecule has 1 aromatic carbocycles. The SMILES string of the molecule is Cc1cccc(-c2n[nH]c(=S)n2CCC(=O)N(C)[C@@H](C)C(=O)NC(C)(C)C)c1. The van der Waals surface area contributed by atoms with Crippen molar-refractivity contribution >= 4 is 24.0 Å². The van der Waals surface area contributed by atoms with Gasteiger partial charge in [0.25, 0.3) is 0 Å². The van der Waals surface area contributed by atoms with Crippen LogP contribution >= 0.6 is 12.2 Å². The Labute approximate surface area is 171 Å². The predicted molar refractivity (Wildman–Crippen MR) is 112 cm³/mol. The maximum atomic E-state index is 12.6. The first-order valence-electron chi connectivity index (χ1n) is 9.29. The van der Waals surface area contributed by atoms with Crippen LogP contribution in [-0.4, -0.2) is 50.1 Å². The second kappa shape index (κ2) is 8.68. The number of aromatic nitrogens is 3. The van der Waals surface area contributed by atoms with E-state index in [4.69, 9.17) is 12.2 Å². The average molecular weight is 404 g/mol. The third-order valence-corrected chi connectivity index (χ3v) is 4.75. The number of rotatable bonds is 6. The van der Waals surface area contributed by atoms with Crippen LogP contribution < -0.4 is 5.32 Å². The van der Waals surface area contributed by atoms with Gasteiger partial charge in [0, 0.05) is 31.1 Å². The number of hydrogen-bond donors (Lipinski definition) is 2. The Morgan fingerprint density at radius 2 is 2.04 bits per heavy atom. The van der Waals surface area contributed by atoms with Gasteiger partial charge in [0.05, 0.1) is 0 Å². The lowest BCUT2D eigenvalue weighted by atomic mass is 10.1. The molecule has 0 radical (unpaired) electrons. The summed E-state index contributed by atoms with van der Waals surface area (Å²) in [6.45, 7) is 9.85. The van der Waals surface area contributed by atoms with Crippen molar-refractivity contribution in [2.75, 3.05) is 7.05 Å². The second-order valence-corrected chi connectivity index (χ2v) is 8.43. The van der Waals surface area contributed by atoms with Crippen LogP contribution in [0.5, 0.6) is 0 Å². The van der Waals surface area contributed by atoms with Crippen LogP contribution in [0.25, 0.3) is 11.4 Å². The van der Waals surface area contributed by atoms with Crippen LogP contribution in [0.15, 0.2) is 24.3 Å². The minimum atomic E-state index is -0.555. The van der Waals surface area contributed by atoms with Gasteiger partial charge in [-0.25, -0.2) is 0 Å². The molecule has 0 bridgehead atoms. The van der Waals surface area contributed by atoms with Crippen molar-refractivity contribution < 1.29 is 9.59 Å². The Hall–Kier alpha value is -2.48. The van der Waals surface area contributed by atoms with Crippen molar-refractivity contribution in [1.82, 2.24) is 25.0 Å². The molecule has 0 aliphatic heterocycles. The third kappa shape index (κ3) is 5.51. The Kier molecular flexibility index (Phi) is 6.77. The van der Waals surface area contributed by atoms with Gasteiger partial charge in [-0.2, -0.15) is 5.10 Å². The molecule has 1 aromatic heterocycles. The highest BCUT2D eigenvalue weighted by molar-refractivity contribution is 7.71. The van der Waals surface area contributed by atoms with Crippen LogP contribution in [0.1, 0.15) is 39.7 Å². The van der Waals surface area contributed by atoms with E-state index in [2.05, 4.69) is 15.5 Å². The molecule has 0 aliphatic rings. The predicted octanol–water partition coefficient (Wildman–Crippen LogP) is 3.07. The Balaban J connectivity index is 2.08. The molecule has 152 valence electrons. The van der Waals surface area contributed by atoms with Crippen molar-refractivity contribution in [2.45, 2.75) is 59.2 Å². The normalized spacial score (nSPS) is 12.5. The van der Waals surface area contributed by atoms with E-state index in [1.165, 1.54) is 4.90 Å². The summed E-state index contributed by atoms with van der Waals surface area (Å²) < 4.78 is 2.28.